The second-order valence-corrected chi connectivity index (χ2v) is 23.4. The van der Waals surface area contributed by atoms with Crippen LogP contribution in [0.3, 0.4) is 0 Å². The molecule has 498 valence electrons. The van der Waals surface area contributed by atoms with Gasteiger partial charge in [-0.1, -0.05) is 272 Å². The summed E-state index contributed by atoms with van der Waals surface area (Å²) in [4.78, 5) is 37.6. The fourth-order valence-electron chi connectivity index (χ4n) is 8.63. The summed E-state index contributed by atoms with van der Waals surface area (Å²) in [5.41, 5.74) is 0. The Morgan fingerprint density at radius 1 is 0.337 bits per heavy atom. The highest BCUT2D eigenvalue weighted by molar-refractivity contribution is 5.71. The topological polar surface area (TPSA) is 108 Å². The molecule has 0 aromatic rings. The molecular weight excluding hydrogens is 1100 g/mol. The average Bonchev–Trinajstić information content (AvgIpc) is 3.70. The van der Waals surface area contributed by atoms with E-state index in [1.807, 2.05) is 21.1 Å². The molecule has 0 heterocycles. The molecule has 0 aliphatic carbocycles. The summed E-state index contributed by atoms with van der Waals surface area (Å²) in [6.45, 7) is 4.59. The Morgan fingerprint density at radius 3 is 0.899 bits per heavy atom. The van der Waals surface area contributed by atoms with Crippen molar-refractivity contribution in [3.63, 3.8) is 0 Å². The van der Waals surface area contributed by atoms with Crippen molar-refractivity contribution in [1.29, 1.82) is 0 Å². The first kappa shape index (κ1) is 83.1. The number of esters is 2. The van der Waals surface area contributed by atoms with E-state index in [4.69, 9.17) is 18.9 Å². The second kappa shape index (κ2) is 68.0. The lowest BCUT2D eigenvalue weighted by atomic mass is 10.1. The number of aliphatic carboxylic acids is 1. The van der Waals surface area contributed by atoms with Gasteiger partial charge in [0.2, 0.25) is 0 Å². The largest absolute Gasteiger partial charge is 0.477 e. The van der Waals surface area contributed by atoms with Gasteiger partial charge in [-0.3, -0.25) is 9.59 Å². The third-order valence-corrected chi connectivity index (χ3v) is 13.8. The third-order valence-electron chi connectivity index (χ3n) is 13.8. The minimum atomic E-state index is -1.53. The van der Waals surface area contributed by atoms with Crippen molar-refractivity contribution in [3.8, 4) is 0 Å². The number of rotatable bonds is 61. The summed E-state index contributed by atoms with van der Waals surface area (Å²) >= 11 is 0. The molecule has 0 amide bonds. The standard InChI is InChI=1S/C80H125NO8/c1-6-8-10-12-14-16-18-20-22-24-26-28-30-32-34-35-36-37-38-39-40-41-42-43-45-47-49-51-53-55-57-59-61-63-65-67-69-71-78(83)89-76(75-88-80(79(84)85)86-73-72-81(3,4)5)74-87-77(82)70-68-66-64-62-60-58-56-54-52-50-48-46-44-33-31-29-27-25-23-21-19-17-15-13-11-9-7-2/h8-11,14-17,20-23,26-29,32-34,36-37,39-40,42-44,47-50,54,56,76,80H,6-7,12-13,18-19,24-25,30-31,35,38,41,45-46,51-53,55,57-75H2,1-5H3/p+1/b10-8-,11-9-,16-14-,17-15-,22-20-,23-21-,28-26-,29-27-,34-32-,37-36-,40-39-,43-42-,44-33-,49-47-,50-48-,56-54-. The fraction of sp³-hybridized carbons (Fsp3) is 0.562. The number of quaternary nitrogens is 1. The number of carbonyl (C=O) groups excluding carboxylic acids is 2. The summed E-state index contributed by atoms with van der Waals surface area (Å²) < 4.78 is 22.9. The molecule has 9 nitrogen and oxygen atoms in total. The van der Waals surface area contributed by atoms with Gasteiger partial charge in [-0.2, -0.15) is 0 Å². The van der Waals surface area contributed by atoms with Crippen LogP contribution >= 0.6 is 0 Å². The highest BCUT2D eigenvalue weighted by Crippen LogP contribution is 2.14. The molecule has 89 heavy (non-hydrogen) atoms. The van der Waals surface area contributed by atoms with Crippen LogP contribution in [0.25, 0.3) is 0 Å². The molecule has 2 atom stereocenters. The second-order valence-electron chi connectivity index (χ2n) is 23.4. The monoisotopic (exact) mass is 1230 g/mol. The number of allylic oxidation sites excluding steroid dienone is 32. The van der Waals surface area contributed by atoms with Crippen molar-refractivity contribution in [3.05, 3.63) is 194 Å². The smallest absolute Gasteiger partial charge is 0.361 e. The van der Waals surface area contributed by atoms with Crippen LogP contribution in [0.2, 0.25) is 0 Å². The van der Waals surface area contributed by atoms with Gasteiger partial charge in [0.15, 0.2) is 6.10 Å². The molecule has 2 unspecified atom stereocenters. The van der Waals surface area contributed by atoms with E-state index in [0.29, 0.717) is 23.9 Å². The molecule has 0 aromatic carbocycles. The first-order valence-corrected chi connectivity index (χ1v) is 34.6. The van der Waals surface area contributed by atoms with Gasteiger partial charge >= 0.3 is 17.9 Å². The van der Waals surface area contributed by atoms with Gasteiger partial charge in [0.05, 0.1) is 34.4 Å². The van der Waals surface area contributed by atoms with Gasteiger partial charge in [-0.25, -0.2) is 4.79 Å². The van der Waals surface area contributed by atoms with Crippen LogP contribution in [0.15, 0.2) is 194 Å². The molecule has 0 aliphatic heterocycles. The maximum atomic E-state index is 12.9. The van der Waals surface area contributed by atoms with Crippen LogP contribution in [-0.4, -0.2) is 87.4 Å². The minimum Gasteiger partial charge on any atom is -0.477 e. The molecule has 0 fully saturated rings. The van der Waals surface area contributed by atoms with E-state index in [1.54, 1.807) is 0 Å². The van der Waals surface area contributed by atoms with Crippen molar-refractivity contribution in [2.75, 3.05) is 47.5 Å². The highest BCUT2D eigenvalue weighted by Gasteiger charge is 2.25. The molecule has 0 aliphatic rings. The predicted octanol–water partition coefficient (Wildman–Crippen LogP) is 21.8. The number of hydrogen-bond acceptors (Lipinski definition) is 7. The minimum absolute atomic E-state index is 0.172. The quantitative estimate of drug-likeness (QED) is 0.0211. The van der Waals surface area contributed by atoms with Gasteiger partial charge in [-0.15, -0.1) is 0 Å². The molecule has 0 bridgehead atoms. The zero-order valence-corrected chi connectivity index (χ0v) is 56.8. The average molecular weight is 1230 g/mol. The number of hydrogen-bond donors (Lipinski definition) is 1. The first-order valence-electron chi connectivity index (χ1n) is 34.6. The Kier molecular flexibility index (Phi) is 63.6. The van der Waals surface area contributed by atoms with E-state index in [1.165, 1.54) is 32.1 Å². The Hall–Kier alpha value is -5.87. The molecule has 0 saturated carbocycles. The van der Waals surface area contributed by atoms with Gasteiger partial charge in [0.25, 0.3) is 6.29 Å². The zero-order chi connectivity index (χ0) is 64.7. The highest BCUT2D eigenvalue weighted by atomic mass is 16.7. The molecule has 0 rings (SSSR count). The molecule has 0 aromatic heterocycles. The number of carboxylic acids is 1. The number of nitrogens with zero attached hydrogens (tertiary/aromatic N) is 1. The lowest BCUT2D eigenvalue weighted by Gasteiger charge is -2.25. The summed E-state index contributed by atoms with van der Waals surface area (Å²) in [6.07, 6.45) is 102. The van der Waals surface area contributed by atoms with Crippen LogP contribution in [0, 0.1) is 0 Å². The Morgan fingerprint density at radius 2 is 0.607 bits per heavy atom. The van der Waals surface area contributed by atoms with Crippen molar-refractivity contribution in [2.24, 2.45) is 0 Å². The number of ether oxygens (including phenoxy) is 4. The molecule has 0 spiro atoms. The van der Waals surface area contributed by atoms with Gasteiger partial charge in [0.1, 0.15) is 13.2 Å². The van der Waals surface area contributed by atoms with Gasteiger partial charge in [-0.05, 0) is 141 Å². The Labute approximate surface area is 544 Å². The van der Waals surface area contributed by atoms with E-state index >= 15 is 0 Å². The van der Waals surface area contributed by atoms with Crippen LogP contribution in [-0.2, 0) is 33.3 Å². The third kappa shape index (κ3) is 69.5. The lowest BCUT2D eigenvalue weighted by Crippen LogP contribution is -2.40. The molecule has 1 N–H and O–H groups in total. The molecule has 9 heteroatoms. The molecule has 0 radical (unpaired) electrons. The van der Waals surface area contributed by atoms with Crippen LogP contribution in [0.1, 0.15) is 232 Å². The maximum Gasteiger partial charge on any atom is 0.361 e. The number of likely N-dealkylation sites (N-methyl/N-ethyl adjacent to an activating group) is 1. The SMILES string of the molecule is CC/C=C\C/C=C\C/C=C\C/C=C\C/C=C\C/C=C\C/C=C\C/C=C\C/C=C\CCCCCCCCCCCC(=O)OC(COC(=O)CCCCCCC/C=C\C/C=C\C/C=C\C/C=C\C/C=C\C/C=C\C/C=C\CC)COC(OCC[N+](C)(C)C)C(=O)O. The van der Waals surface area contributed by atoms with Gasteiger partial charge in [0, 0.05) is 12.8 Å². The van der Waals surface area contributed by atoms with Crippen LogP contribution in [0.5, 0.6) is 0 Å². The summed E-state index contributed by atoms with van der Waals surface area (Å²) in [5, 5.41) is 9.75. The van der Waals surface area contributed by atoms with Crippen molar-refractivity contribution in [1.82, 2.24) is 0 Å². The van der Waals surface area contributed by atoms with Gasteiger partial charge < -0.3 is 28.5 Å². The number of carbonyl (C=O) groups is 3. The lowest BCUT2D eigenvalue weighted by molar-refractivity contribution is -0.870. The van der Waals surface area contributed by atoms with Crippen molar-refractivity contribution >= 4 is 17.9 Å². The predicted molar refractivity (Wildman–Crippen MR) is 382 cm³/mol. The van der Waals surface area contributed by atoms with E-state index in [9.17, 15) is 19.5 Å². The van der Waals surface area contributed by atoms with Crippen molar-refractivity contribution < 1.29 is 42.9 Å². The molecular formula is C80H126NO8+. The van der Waals surface area contributed by atoms with Crippen LogP contribution < -0.4 is 0 Å². The van der Waals surface area contributed by atoms with E-state index in [-0.39, 0.29) is 38.6 Å². The number of unbranched alkanes of at least 4 members (excludes halogenated alkanes) is 14. The van der Waals surface area contributed by atoms with E-state index in [0.717, 1.165) is 161 Å². The zero-order valence-electron chi connectivity index (χ0n) is 56.8. The normalized spacial score (nSPS) is 13.9. The Bertz CT molecular complexity index is 2160. The van der Waals surface area contributed by atoms with E-state index < -0.39 is 24.3 Å². The van der Waals surface area contributed by atoms with Crippen molar-refractivity contribution in [2.45, 2.75) is 245 Å². The summed E-state index contributed by atoms with van der Waals surface area (Å²) in [7, 11) is 5.95. The Balaban J connectivity index is 4.26. The first-order chi connectivity index (χ1) is 43.6. The fourth-order valence-corrected chi connectivity index (χ4v) is 8.63. The summed E-state index contributed by atoms with van der Waals surface area (Å²) in [5.74, 6) is -2.06. The number of carboxylic acid groups (broad SMARTS) is 1. The van der Waals surface area contributed by atoms with E-state index in [2.05, 4.69) is 208 Å². The molecule has 0 saturated heterocycles. The van der Waals surface area contributed by atoms with Crippen LogP contribution in [0.4, 0.5) is 0 Å². The summed E-state index contributed by atoms with van der Waals surface area (Å²) in [6, 6.07) is 0. The maximum absolute atomic E-state index is 12.9.